The van der Waals surface area contributed by atoms with Gasteiger partial charge in [-0.3, -0.25) is 0 Å². The Balaban J connectivity index is 2.13. The van der Waals surface area contributed by atoms with Crippen LogP contribution < -0.4 is 5.73 Å². The molecule has 0 aliphatic rings. The van der Waals surface area contributed by atoms with Crippen LogP contribution in [0.5, 0.6) is 0 Å². The van der Waals surface area contributed by atoms with Gasteiger partial charge < -0.3 is 15.3 Å². The number of rotatable bonds is 6. The summed E-state index contributed by atoms with van der Waals surface area (Å²) in [7, 11) is 0. The highest BCUT2D eigenvalue weighted by atomic mass is 32.2. The van der Waals surface area contributed by atoms with Crippen LogP contribution in [0, 0.1) is 6.92 Å². The minimum Gasteiger partial charge on any atom is -0.468 e. The van der Waals surface area contributed by atoms with E-state index in [1.54, 1.807) is 18.0 Å². The van der Waals surface area contributed by atoms with Gasteiger partial charge in [-0.05, 0) is 30.7 Å². The monoisotopic (exact) mass is 215 g/mol. The quantitative estimate of drug-likeness (QED) is 0.707. The second kappa shape index (κ2) is 6.11. The molecule has 0 aromatic carbocycles. The Hall–Kier alpha value is -0.450. The molecule has 0 bridgehead atoms. The van der Waals surface area contributed by atoms with E-state index in [-0.39, 0.29) is 12.6 Å². The highest BCUT2D eigenvalue weighted by molar-refractivity contribution is 7.98. The summed E-state index contributed by atoms with van der Waals surface area (Å²) < 4.78 is 5.30. The smallest absolute Gasteiger partial charge is 0.116 e. The van der Waals surface area contributed by atoms with Crippen molar-refractivity contribution in [2.75, 3.05) is 12.4 Å². The van der Waals surface area contributed by atoms with Gasteiger partial charge in [0, 0.05) is 6.04 Å². The van der Waals surface area contributed by atoms with E-state index in [1.807, 2.05) is 13.0 Å². The third kappa shape index (κ3) is 3.74. The van der Waals surface area contributed by atoms with E-state index in [0.717, 1.165) is 23.7 Å². The summed E-state index contributed by atoms with van der Waals surface area (Å²) in [6, 6.07) is 1.88. The summed E-state index contributed by atoms with van der Waals surface area (Å²) in [5.41, 5.74) is 6.77. The minimum absolute atomic E-state index is 0.0698. The fourth-order valence-corrected chi connectivity index (χ4v) is 2.14. The van der Waals surface area contributed by atoms with Gasteiger partial charge in [0.05, 0.1) is 18.6 Å². The summed E-state index contributed by atoms with van der Waals surface area (Å²) in [5, 5.41) is 8.71. The molecule has 4 heteroatoms. The molecule has 1 rings (SSSR count). The van der Waals surface area contributed by atoms with Crippen molar-refractivity contribution in [3.05, 3.63) is 23.7 Å². The van der Waals surface area contributed by atoms with Crippen molar-refractivity contribution in [1.82, 2.24) is 0 Å². The average molecular weight is 215 g/mol. The SMILES string of the molecule is Cc1ccoc1CSCCC(N)CO. The molecule has 80 valence electrons. The Morgan fingerprint density at radius 3 is 3.00 bits per heavy atom. The van der Waals surface area contributed by atoms with Gasteiger partial charge in [0.25, 0.3) is 0 Å². The van der Waals surface area contributed by atoms with Crippen LogP contribution in [0.25, 0.3) is 0 Å². The largest absolute Gasteiger partial charge is 0.468 e. The lowest BCUT2D eigenvalue weighted by Crippen LogP contribution is -2.24. The van der Waals surface area contributed by atoms with Crippen molar-refractivity contribution in [1.29, 1.82) is 0 Å². The van der Waals surface area contributed by atoms with Gasteiger partial charge in [-0.25, -0.2) is 0 Å². The normalized spacial score (nSPS) is 13.1. The van der Waals surface area contributed by atoms with Gasteiger partial charge in [-0.15, -0.1) is 0 Å². The molecule has 0 amide bonds. The summed E-state index contributed by atoms with van der Waals surface area (Å²) in [6.07, 6.45) is 2.56. The van der Waals surface area contributed by atoms with E-state index < -0.39 is 0 Å². The fourth-order valence-electron chi connectivity index (χ4n) is 1.04. The number of hydrogen-bond acceptors (Lipinski definition) is 4. The van der Waals surface area contributed by atoms with Gasteiger partial charge in [0.1, 0.15) is 5.76 Å². The zero-order valence-corrected chi connectivity index (χ0v) is 9.22. The highest BCUT2D eigenvalue weighted by Gasteiger charge is 2.03. The van der Waals surface area contributed by atoms with Crippen LogP contribution in [0.4, 0.5) is 0 Å². The molecular formula is C10H17NO2S. The second-order valence-corrected chi connectivity index (χ2v) is 4.42. The summed E-state index contributed by atoms with van der Waals surface area (Å²) in [4.78, 5) is 0. The van der Waals surface area contributed by atoms with Gasteiger partial charge in [0.2, 0.25) is 0 Å². The zero-order chi connectivity index (χ0) is 10.4. The molecule has 14 heavy (non-hydrogen) atoms. The van der Waals surface area contributed by atoms with Crippen LogP contribution in [0.2, 0.25) is 0 Å². The number of nitrogens with two attached hydrogens (primary N) is 1. The number of thioether (sulfide) groups is 1. The molecule has 0 fully saturated rings. The standard InChI is InChI=1S/C10H17NO2S/c1-8-2-4-13-10(8)7-14-5-3-9(11)6-12/h2,4,9,12H,3,5-7,11H2,1H3. The molecule has 1 aromatic rings. The fraction of sp³-hybridized carbons (Fsp3) is 0.600. The van der Waals surface area contributed by atoms with Crippen molar-refractivity contribution in [3.8, 4) is 0 Å². The Labute approximate surface area is 88.7 Å². The predicted molar refractivity (Wildman–Crippen MR) is 59.3 cm³/mol. The summed E-state index contributed by atoms with van der Waals surface area (Å²) in [6.45, 7) is 2.11. The molecular weight excluding hydrogens is 198 g/mol. The van der Waals surface area contributed by atoms with E-state index in [4.69, 9.17) is 15.3 Å². The van der Waals surface area contributed by atoms with E-state index >= 15 is 0 Å². The Morgan fingerprint density at radius 2 is 2.43 bits per heavy atom. The minimum atomic E-state index is -0.0832. The molecule has 3 nitrogen and oxygen atoms in total. The van der Waals surface area contributed by atoms with Gasteiger partial charge in [-0.1, -0.05) is 0 Å². The lowest BCUT2D eigenvalue weighted by Gasteiger charge is -2.06. The third-order valence-corrected chi connectivity index (χ3v) is 3.06. The molecule has 1 atom stereocenters. The average Bonchev–Trinajstić information content (AvgIpc) is 2.58. The van der Waals surface area contributed by atoms with Crippen molar-refractivity contribution in [2.24, 2.45) is 5.73 Å². The Morgan fingerprint density at radius 1 is 1.64 bits per heavy atom. The van der Waals surface area contributed by atoms with E-state index in [0.29, 0.717) is 0 Å². The molecule has 1 unspecified atom stereocenters. The number of aliphatic hydroxyl groups is 1. The number of aryl methyl sites for hydroxylation is 1. The topological polar surface area (TPSA) is 59.4 Å². The maximum absolute atomic E-state index is 8.71. The molecule has 0 saturated carbocycles. The van der Waals surface area contributed by atoms with Gasteiger partial charge >= 0.3 is 0 Å². The molecule has 0 aliphatic heterocycles. The van der Waals surface area contributed by atoms with Crippen molar-refractivity contribution in [2.45, 2.75) is 25.1 Å². The van der Waals surface area contributed by atoms with Gasteiger partial charge in [-0.2, -0.15) is 11.8 Å². The lowest BCUT2D eigenvalue weighted by molar-refractivity contribution is 0.264. The summed E-state index contributed by atoms with van der Waals surface area (Å²) >= 11 is 1.78. The van der Waals surface area contributed by atoms with Crippen molar-refractivity contribution in [3.63, 3.8) is 0 Å². The second-order valence-electron chi connectivity index (χ2n) is 3.31. The maximum atomic E-state index is 8.71. The first kappa shape index (κ1) is 11.6. The number of aliphatic hydroxyl groups excluding tert-OH is 1. The van der Waals surface area contributed by atoms with Crippen molar-refractivity contribution < 1.29 is 9.52 Å². The van der Waals surface area contributed by atoms with E-state index in [9.17, 15) is 0 Å². The first-order valence-electron chi connectivity index (χ1n) is 4.71. The first-order chi connectivity index (χ1) is 6.74. The van der Waals surface area contributed by atoms with Gasteiger partial charge in [0.15, 0.2) is 0 Å². The van der Waals surface area contributed by atoms with E-state index in [1.165, 1.54) is 5.56 Å². The highest BCUT2D eigenvalue weighted by Crippen LogP contribution is 2.17. The van der Waals surface area contributed by atoms with Crippen LogP contribution in [0.15, 0.2) is 16.7 Å². The summed E-state index contributed by atoms with van der Waals surface area (Å²) in [5.74, 6) is 2.88. The van der Waals surface area contributed by atoms with E-state index in [2.05, 4.69) is 0 Å². The van der Waals surface area contributed by atoms with Crippen LogP contribution in [0.1, 0.15) is 17.7 Å². The van der Waals surface area contributed by atoms with Crippen LogP contribution >= 0.6 is 11.8 Å². The third-order valence-electron chi connectivity index (χ3n) is 2.07. The maximum Gasteiger partial charge on any atom is 0.116 e. The zero-order valence-electron chi connectivity index (χ0n) is 8.40. The first-order valence-corrected chi connectivity index (χ1v) is 5.86. The van der Waals surface area contributed by atoms with Crippen molar-refractivity contribution >= 4 is 11.8 Å². The lowest BCUT2D eigenvalue weighted by atomic mass is 10.3. The Kier molecular flexibility index (Phi) is 5.07. The number of furan rings is 1. The molecule has 1 heterocycles. The van der Waals surface area contributed by atoms with Crippen LogP contribution in [0.3, 0.4) is 0 Å². The number of hydrogen-bond donors (Lipinski definition) is 2. The molecule has 0 saturated heterocycles. The predicted octanol–water partition coefficient (Wildman–Crippen LogP) is 1.53. The van der Waals surface area contributed by atoms with Crippen LogP contribution in [-0.2, 0) is 5.75 Å². The molecule has 0 spiro atoms. The van der Waals surface area contributed by atoms with Crippen LogP contribution in [-0.4, -0.2) is 23.5 Å². The molecule has 0 radical (unpaired) electrons. The Bertz CT molecular complexity index is 262. The molecule has 0 aliphatic carbocycles. The molecule has 1 aromatic heterocycles. The molecule has 3 N–H and O–H groups in total.